The summed E-state index contributed by atoms with van der Waals surface area (Å²) < 4.78 is 0. The first kappa shape index (κ1) is 13.2. The Balaban J connectivity index is 1.88. The van der Waals surface area contributed by atoms with Crippen LogP contribution in [0.15, 0.2) is 53.6 Å². The van der Waals surface area contributed by atoms with Crippen LogP contribution in [0.2, 0.25) is 0 Å². The smallest absolute Gasteiger partial charge is 0.0833 e. The molecule has 0 unspecified atom stereocenters. The third-order valence-electron chi connectivity index (χ3n) is 3.14. The van der Waals surface area contributed by atoms with Gasteiger partial charge in [-0.1, -0.05) is 24.3 Å². The summed E-state index contributed by atoms with van der Waals surface area (Å²) in [5.41, 5.74) is 7.76. The molecule has 1 aromatic carbocycles. The van der Waals surface area contributed by atoms with Crippen molar-refractivity contribution in [2.24, 2.45) is 5.10 Å². The van der Waals surface area contributed by atoms with Gasteiger partial charge in [0.1, 0.15) is 0 Å². The zero-order valence-corrected chi connectivity index (χ0v) is 12.0. The number of hydrazone groups is 1. The molecular weight excluding hydrogens is 260 g/mol. The van der Waals surface area contributed by atoms with Crippen LogP contribution >= 0.6 is 0 Å². The molecule has 3 aromatic rings. The number of aromatic nitrogens is 2. The first-order valence-electron chi connectivity index (χ1n) is 6.81. The molecule has 0 saturated heterocycles. The fourth-order valence-corrected chi connectivity index (χ4v) is 2.20. The summed E-state index contributed by atoms with van der Waals surface area (Å²) in [5.74, 6) is 0. The lowest BCUT2D eigenvalue weighted by Gasteiger charge is -2.06. The van der Waals surface area contributed by atoms with Crippen molar-refractivity contribution in [3.8, 4) is 0 Å². The van der Waals surface area contributed by atoms with Crippen molar-refractivity contribution in [1.29, 1.82) is 0 Å². The number of pyridine rings is 2. The van der Waals surface area contributed by atoms with Crippen molar-refractivity contribution in [3.05, 3.63) is 65.6 Å². The molecule has 104 valence electrons. The van der Waals surface area contributed by atoms with Crippen LogP contribution in [0.3, 0.4) is 0 Å². The standard InChI is InChI=1S/C17H16N4/c1-12-6-5-7-14(19-12)11-18-21-17-10-13(2)20-16-9-4-3-8-15(16)17/h3-11H,1-2H3,(H,20,21)/b18-11+. The molecule has 0 spiro atoms. The zero-order valence-electron chi connectivity index (χ0n) is 12.0. The lowest BCUT2D eigenvalue weighted by Crippen LogP contribution is -1.96. The molecule has 0 saturated carbocycles. The highest BCUT2D eigenvalue weighted by atomic mass is 15.3. The maximum Gasteiger partial charge on any atom is 0.0833 e. The number of para-hydroxylation sites is 1. The molecule has 4 heteroatoms. The Morgan fingerprint density at radius 1 is 0.952 bits per heavy atom. The normalized spacial score (nSPS) is 11.1. The number of hydrogen-bond acceptors (Lipinski definition) is 4. The number of nitrogens with one attached hydrogen (secondary N) is 1. The SMILES string of the molecule is Cc1cccc(/C=N/Nc2cc(C)nc3ccccc23)n1. The zero-order chi connectivity index (χ0) is 14.7. The fourth-order valence-electron chi connectivity index (χ4n) is 2.20. The summed E-state index contributed by atoms with van der Waals surface area (Å²) >= 11 is 0. The number of fused-ring (bicyclic) bond motifs is 1. The molecule has 0 radical (unpaired) electrons. The maximum absolute atomic E-state index is 4.51. The third-order valence-corrected chi connectivity index (χ3v) is 3.14. The van der Waals surface area contributed by atoms with E-state index in [9.17, 15) is 0 Å². The Bertz CT molecular complexity index is 809. The van der Waals surface area contributed by atoms with E-state index in [-0.39, 0.29) is 0 Å². The van der Waals surface area contributed by atoms with Crippen LogP contribution in [0.4, 0.5) is 5.69 Å². The average molecular weight is 276 g/mol. The van der Waals surface area contributed by atoms with Crippen molar-refractivity contribution >= 4 is 22.8 Å². The Hall–Kier alpha value is -2.75. The summed E-state index contributed by atoms with van der Waals surface area (Å²) in [5, 5.41) is 5.33. The Labute approximate surface area is 123 Å². The topological polar surface area (TPSA) is 50.2 Å². The van der Waals surface area contributed by atoms with Gasteiger partial charge in [-0.2, -0.15) is 5.10 Å². The van der Waals surface area contributed by atoms with Gasteiger partial charge < -0.3 is 0 Å². The van der Waals surface area contributed by atoms with Gasteiger partial charge in [-0.25, -0.2) is 0 Å². The Morgan fingerprint density at radius 3 is 2.67 bits per heavy atom. The number of hydrogen-bond donors (Lipinski definition) is 1. The number of benzene rings is 1. The predicted octanol–water partition coefficient (Wildman–Crippen LogP) is 3.69. The molecule has 0 aliphatic rings. The monoisotopic (exact) mass is 276 g/mol. The Kier molecular flexibility index (Phi) is 3.60. The summed E-state index contributed by atoms with van der Waals surface area (Å²) in [6, 6.07) is 15.9. The number of nitrogens with zero attached hydrogens (tertiary/aromatic N) is 3. The van der Waals surface area contributed by atoms with Gasteiger partial charge in [0.25, 0.3) is 0 Å². The minimum absolute atomic E-state index is 0.831. The number of aryl methyl sites for hydroxylation is 2. The molecule has 21 heavy (non-hydrogen) atoms. The lowest BCUT2D eigenvalue weighted by atomic mass is 10.1. The second-order valence-electron chi connectivity index (χ2n) is 4.90. The van der Waals surface area contributed by atoms with Gasteiger partial charge in [0, 0.05) is 16.8 Å². The van der Waals surface area contributed by atoms with Gasteiger partial charge in [0.15, 0.2) is 0 Å². The van der Waals surface area contributed by atoms with Crippen LogP contribution in [0.5, 0.6) is 0 Å². The van der Waals surface area contributed by atoms with Crippen LogP contribution in [0.25, 0.3) is 10.9 Å². The minimum Gasteiger partial charge on any atom is -0.278 e. The molecule has 0 aliphatic heterocycles. The van der Waals surface area contributed by atoms with Crippen molar-refractivity contribution in [1.82, 2.24) is 9.97 Å². The van der Waals surface area contributed by atoms with Gasteiger partial charge in [-0.3, -0.25) is 15.4 Å². The molecular formula is C17H16N4. The molecule has 2 aromatic heterocycles. The fraction of sp³-hybridized carbons (Fsp3) is 0.118. The average Bonchev–Trinajstić information content (AvgIpc) is 2.47. The first-order chi connectivity index (χ1) is 10.2. The maximum atomic E-state index is 4.51. The number of rotatable bonds is 3. The molecule has 0 aliphatic carbocycles. The van der Waals surface area contributed by atoms with E-state index in [0.29, 0.717) is 0 Å². The van der Waals surface area contributed by atoms with Gasteiger partial charge in [0.05, 0.1) is 23.1 Å². The molecule has 4 nitrogen and oxygen atoms in total. The van der Waals surface area contributed by atoms with Crippen molar-refractivity contribution in [2.45, 2.75) is 13.8 Å². The van der Waals surface area contributed by atoms with E-state index in [1.807, 2.05) is 62.4 Å². The van der Waals surface area contributed by atoms with Gasteiger partial charge in [0.2, 0.25) is 0 Å². The van der Waals surface area contributed by atoms with Gasteiger partial charge >= 0.3 is 0 Å². The first-order valence-corrected chi connectivity index (χ1v) is 6.81. The quantitative estimate of drug-likeness (QED) is 0.586. The lowest BCUT2D eigenvalue weighted by molar-refractivity contribution is 1.18. The van der Waals surface area contributed by atoms with Crippen LogP contribution in [-0.4, -0.2) is 16.2 Å². The van der Waals surface area contributed by atoms with E-state index in [0.717, 1.165) is 33.7 Å². The van der Waals surface area contributed by atoms with E-state index < -0.39 is 0 Å². The van der Waals surface area contributed by atoms with Crippen LogP contribution in [0, 0.1) is 13.8 Å². The van der Waals surface area contributed by atoms with E-state index >= 15 is 0 Å². The Morgan fingerprint density at radius 2 is 1.81 bits per heavy atom. The molecule has 0 fully saturated rings. The summed E-state index contributed by atoms with van der Waals surface area (Å²) in [7, 11) is 0. The van der Waals surface area contributed by atoms with Crippen molar-refractivity contribution < 1.29 is 0 Å². The van der Waals surface area contributed by atoms with Crippen LogP contribution < -0.4 is 5.43 Å². The molecule has 3 rings (SSSR count). The molecule has 1 N–H and O–H groups in total. The third kappa shape index (κ3) is 3.05. The second-order valence-corrected chi connectivity index (χ2v) is 4.90. The van der Waals surface area contributed by atoms with Crippen LogP contribution in [-0.2, 0) is 0 Å². The van der Waals surface area contributed by atoms with Crippen LogP contribution in [0.1, 0.15) is 17.1 Å². The molecule has 0 bridgehead atoms. The molecule has 2 heterocycles. The number of anilines is 1. The van der Waals surface area contributed by atoms with E-state index in [1.165, 1.54) is 0 Å². The highest BCUT2D eigenvalue weighted by molar-refractivity contribution is 5.91. The molecule has 0 atom stereocenters. The highest BCUT2D eigenvalue weighted by Gasteiger charge is 2.02. The molecule has 0 amide bonds. The van der Waals surface area contributed by atoms with Crippen molar-refractivity contribution in [3.63, 3.8) is 0 Å². The van der Waals surface area contributed by atoms with Crippen molar-refractivity contribution in [2.75, 3.05) is 5.43 Å². The predicted molar refractivity (Wildman–Crippen MR) is 86.7 cm³/mol. The van der Waals surface area contributed by atoms with E-state index in [1.54, 1.807) is 6.21 Å². The van der Waals surface area contributed by atoms with Gasteiger partial charge in [-0.15, -0.1) is 0 Å². The summed E-state index contributed by atoms with van der Waals surface area (Å²) in [6.07, 6.45) is 1.72. The van der Waals surface area contributed by atoms with E-state index in [2.05, 4.69) is 20.5 Å². The highest BCUT2D eigenvalue weighted by Crippen LogP contribution is 2.22. The minimum atomic E-state index is 0.831. The van der Waals surface area contributed by atoms with Gasteiger partial charge in [-0.05, 0) is 38.1 Å². The summed E-state index contributed by atoms with van der Waals surface area (Å²) in [6.45, 7) is 3.94. The van der Waals surface area contributed by atoms with E-state index in [4.69, 9.17) is 0 Å². The summed E-state index contributed by atoms with van der Waals surface area (Å²) in [4.78, 5) is 8.89. The largest absolute Gasteiger partial charge is 0.278 e. The second kappa shape index (κ2) is 5.71.